The second-order valence-electron chi connectivity index (χ2n) is 4.78. The number of para-hydroxylation sites is 1. The average Bonchev–Trinajstić information content (AvgIpc) is 3.02. The van der Waals surface area contributed by atoms with Crippen LogP contribution in [-0.4, -0.2) is 11.5 Å². The number of aryl methyl sites for hydroxylation is 1. The normalized spacial score (nSPS) is 10.7. The molecule has 0 saturated carbocycles. The van der Waals surface area contributed by atoms with Crippen LogP contribution < -0.4 is 5.32 Å². The molecule has 1 aromatic carbocycles. The zero-order valence-corrected chi connectivity index (χ0v) is 12.3. The van der Waals surface area contributed by atoms with Crippen LogP contribution in [0.1, 0.15) is 17.0 Å². The third kappa shape index (κ3) is 3.06. The van der Waals surface area contributed by atoms with Crippen LogP contribution in [0.4, 0.5) is 0 Å². The number of hydrogen-bond donors (Lipinski definition) is 2. The highest BCUT2D eigenvalue weighted by molar-refractivity contribution is 5.85. The number of aromatic nitrogens is 1. The van der Waals surface area contributed by atoms with Gasteiger partial charge in [0.25, 0.3) is 0 Å². The van der Waals surface area contributed by atoms with Gasteiger partial charge in [-0.3, -0.25) is 0 Å². The van der Waals surface area contributed by atoms with Crippen molar-refractivity contribution in [3.05, 3.63) is 59.7 Å². The molecule has 0 aliphatic heterocycles. The van der Waals surface area contributed by atoms with Crippen LogP contribution in [0.25, 0.3) is 10.9 Å². The maximum atomic E-state index is 5.30. The molecule has 2 heterocycles. The van der Waals surface area contributed by atoms with Crippen LogP contribution in [-0.2, 0) is 13.0 Å². The van der Waals surface area contributed by atoms with Crippen molar-refractivity contribution in [2.75, 3.05) is 6.54 Å². The molecule has 0 atom stereocenters. The minimum Gasteiger partial charge on any atom is -0.468 e. The number of H-pyrrole nitrogens is 1. The Labute approximate surface area is 124 Å². The minimum absolute atomic E-state index is 0. The van der Waals surface area contributed by atoms with E-state index in [1.807, 2.05) is 12.1 Å². The highest BCUT2D eigenvalue weighted by Crippen LogP contribution is 2.21. The molecule has 3 rings (SSSR count). The van der Waals surface area contributed by atoms with Crippen LogP contribution in [0.2, 0.25) is 0 Å². The molecule has 0 radical (unpaired) electrons. The second kappa shape index (κ2) is 6.64. The smallest absolute Gasteiger partial charge is 0.117 e. The Morgan fingerprint density at radius 1 is 1.15 bits per heavy atom. The van der Waals surface area contributed by atoms with Crippen molar-refractivity contribution in [1.82, 2.24) is 10.3 Å². The van der Waals surface area contributed by atoms with E-state index in [0.717, 1.165) is 25.3 Å². The summed E-state index contributed by atoms with van der Waals surface area (Å²) < 4.78 is 5.30. The van der Waals surface area contributed by atoms with Gasteiger partial charge in [-0.05, 0) is 43.7 Å². The molecule has 3 nitrogen and oxygen atoms in total. The molecule has 0 amide bonds. The van der Waals surface area contributed by atoms with Gasteiger partial charge in [-0.1, -0.05) is 18.2 Å². The van der Waals surface area contributed by atoms with E-state index in [1.165, 1.54) is 22.2 Å². The Kier molecular flexibility index (Phi) is 4.88. The van der Waals surface area contributed by atoms with E-state index in [9.17, 15) is 0 Å². The third-order valence-corrected chi connectivity index (χ3v) is 3.46. The van der Waals surface area contributed by atoms with Crippen molar-refractivity contribution in [2.24, 2.45) is 0 Å². The summed E-state index contributed by atoms with van der Waals surface area (Å²) in [6.45, 7) is 3.87. The lowest BCUT2D eigenvalue weighted by Crippen LogP contribution is -2.16. The number of hydrogen-bond acceptors (Lipinski definition) is 2. The third-order valence-electron chi connectivity index (χ3n) is 3.46. The highest BCUT2D eigenvalue weighted by Gasteiger charge is 2.07. The van der Waals surface area contributed by atoms with Gasteiger partial charge in [0.2, 0.25) is 0 Å². The maximum Gasteiger partial charge on any atom is 0.117 e. The van der Waals surface area contributed by atoms with Crippen LogP contribution in [0.5, 0.6) is 0 Å². The van der Waals surface area contributed by atoms with Gasteiger partial charge in [0, 0.05) is 16.6 Å². The number of rotatable bonds is 5. The van der Waals surface area contributed by atoms with Crippen LogP contribution >= 0.6 is 12.4 Å². The summed E-state index contributed by atoms with van der Waals surface area (Å²) in [4.78, 5) is 3.44. The molecule has 4 heteroatoms. The Hall–Kier alpha value is -1.71. The van der Waals surface area contributed by atoms with E-state index in [-0.39, 0.29) is 12.4 Å². The van der Waals surface area contributed by atoms with E-state index in [4.69, 9.17) is 4.42 Å². The van der Waals surface area contributed by atoms with E-state index >= 15 is 0 Å². The predicted octanol–water partition coefficient (Wildman–Crippen LogP) is 3.82. The molecule has 0 bridgehead atoms. The molecule has 20 heavy (non-hydrogen) atoms. The van der Waals surface area contributed by atoms with Crippen molar-refractivity contribution < 1.29 is 4.42 Å². The fourth-order valence-electron chi connectivity index (χ4n) is 2.50. The van der Waals surface area contributed by atoms with Gasteiger partial charge in [-0.15, -0.1) is 12.4 Å². The zero-order chi connectivity index (χ0) is 13.1. The first-order valence-corrected chi connectivity index (χ1v) is 6.64. The van der Waals surface area contributed by atoms with Gasteiger partial charge >= 0.3 is 0 Å². The summed E-state index contributed by atoms with van der Waals surface area (Å²) >= 11 is 0. The van der Waals surface area contributed by atoms with Gasteiger partial charge < -0.3 is 14.7 Å². The molecule has 0 fully saturated rings. The molecule has 0 saturated heterocycles. The van der Waals surface area contributed by atoms with Crippen molar-refractivity contribution in [3.8, 4) is 0 Å². The summed E-state index contributed by atoms with van der Waals surface area (Å²) in [6.07, 6.45) is 2.73. The van der Waals surface area contributed by atoms with Gasteiger partial charge in [0.15, 0.2) is 0 Å². The maximum absolute atomic E-state index is 5.30. The Morgan fingerprint density at radius 2 is 2.00 bits per heavy atom. The zero-order valence-electron chi connectivity index (χ0n) is 11.5. The van der Waals surface area contributed by atoms with Gasteiger partial charge in [-0.25, -0.2) is 0 Å². The molecule has 106 valence electrons. The summed E-state index contributed by atoms with van der Waals surface area (Å²) in [5.41, 5.74) is 3.89. The lowest BCUT2D eigenvalue weighted by Gasteiger charge is -2.03. The number of fused-ring (bicyclic) bond motifs is 1. The minimum atomic E-state index is 0. The van der Waals surface area contributed by atoms with Gasteiger partial charge in [0.05, 0.1) is 12.8 Å². The molecule has 0 unspecified atom stereocenters. The van der Waals surface area contributed by atoms with E-state index in [1.54, 1.807) is 6.26 Å². The summed E-state index contributed by atoms with van der Waals surface area (Å²) in [6, 6.07) is 12.4. The quantitative estimate of drug-likeness (QED) is 0.701. The van der Waals surface area contributed by atoms with Gasteiger partial charge in [-0.2, -0.15) is 0 Å². The molecule has 2 aromatic heterocycles. The number of halogens is 1. The van der Waals surface area contributed by atoms with Crippen molar-refractivity contribution in [3.63, 3.8) is 0 Å². The number of furan rings is 1. The summed E-state index contributed by atoms with van der Waals surface area (Å²) in [5.74, 6) is 0.982. The monoisotopic (exact) mass is 290 g/mol. The lowest BCUT2D eigenvalue weighted by atomic mass is 10.1. The predicted molar refractivity (Wildman–Crippen MR) is 84.4 cm³/mol. The fourth-order valence-corrected chi connectivity index (χ4v) is 2.50. The number of benzene rings is 1. The van der Waals surface area contributed by atoms with E-state index in [0.29, 0.717) is 0 Å². The molecular formula is C16H19ClN2O. The molecule has 0 spiro atoms. The fraction of sp³-hybridized carbons (Fsp3) is 0.250. The molecule has 3 aromatic rings. The van der Waals surface area contributed by atoms with Crippen LogP contribution in [0.15, 0.2) is 47.1 Å². The summed E-state index contributed by atoms with van der Waals surface area (Å²) in [5, 5.41) is 4.74. The van der Waals surface area contributed by atoms with Crippen molar-refractivity contribution in [1.29, 1.82) is 0 Å². The number of aromatic amines is 1. The Bertz CT molecular complexity index is 658. The van der Waals surface area contributed by atoms with E-state index < -0.39 is 0 Å². The molecule has 2 N–H and O–H groups in total. The summed E-state index contributed by atoms with van der Waals surface area (Å²) in [7, 11) is 0. The lowest BCUT2D eigenvalue weighted by molar-refractivity contribution is 0.484. The topological polar surface area (TPSA) is 41.0 Å². The van der Waals surface area contributed by atoms with E-state index in [2.05, 4.69) is 41.5 Å². The standard InChI is InChI=1S/C16H18N2O.ClH/c1-12-14(15-6-2-3-7-16(15)18-12)8-9-17-11-13-5-4-10-19-13;/h2-7,10,17-18H,8-9,11H2,1H3;1H. The van der Waals surface area contributed by atoms with Crippen molar-refractivity contribution in [2.45, 2.75) is 19.9 Å². The average molecular weight is 291 g/mol. The van der Waals surface area contributed by atoms with Gasteiger partial charge in [0.1, 0.15) is 5.76 Å². The first kappa shape index (κ1) is 14.7. The largest absolute Gasteiger partial charge is 0.468 e. The Morgan fingerprint density at radius 3 is 2.80 bits per heavy atom. The van der Waals surface area contributed by atoms with Crippen LogP contribution in [0.3, 0.4) is 0 Å². The first-order chi connectivity index (χ1) is 9.34. The first-order valence-electron chi connectivity index (χ1n) is 6.64. The SMILES string of the molecule is Cc1[nH]c2ccccc2c1CCNCc1ccco1.Cl. The molecular weight excluding hydrogens is 272 g/mol. The van der Waals surface area contributed by atoms with Crippen LogP contribution in [0, 0.1) is 6.92 Å². The Balaban J connectivity index is 0.00000147. The molecule has 0 aliphatic rings. The van der Waals surface area contributed by atoms with Crippen molar-refractivity contribution >= 4 is 23.3 Å². The molecule has 0 aliphatic carbocycles. The second-order valence-corrected chi connectivity index (χ2v) is 4.78. The highest BCUT2D eigenvalue weighted by atomic mass is 35.5. The number of nitrogens with one attached hydrogen (secondary N) is 2.